The highest BCUT2D eigenvalue weighted by atomic mass is 32.1. The van der Waals surface area contributed by atoms with E-state index < -0.39 is 0 Å². The normalized spacial score (nSPS) is 17.1. The molecule has 2 saturated heterocycles. The van der Waals surface area contributed by atoms with Crippen molar-refractivity contribution in [3.8, 4) is 0 Å². The molecule has 0 saturated carbocycles. The third-order valence-electron chi connectivity index (χ3n) is 8.74. The average molecular weight is 611 g/mol. The second kappa shape index (κ2) is 14.1. The maximum atomic E-state index is 5.50. The van der Waals surface area contributed by atoms with E-state index in [9.17, 15) is 0 Å². The van der Waals surface area contributed by atoms with Gasteiger partial charge in [0.15, 0.2) is 0 Å². The number of fused-ring (bicyclic) bond motifs is 2. The van der Waals surface area contributed by atoms with Gasteiger partial charge in [0.2, 0.25) is 0 Å². The van der Waals surface area contributed by atoms with Crippen molar-refractivity contribution in [1.29, 1.82) is 0 Å². The first-order valence-electron chi connectivity index (χ1n) is 16.0. The molecule has 2 aliphatic heterocycles. The van der Waals surface area contributed by atoms with Crippen molar-refractivity contribution in [2.24, 2.45) is 4.99 Å². The van der Waals surface area contributed by atoms with Crippen LogP contribution in [-0.2, 0) is 22.6 Å². The predicted octanol–water partition coefficient (Wildman–Crippen LogP) is 6.29. The Morgan fingerprint density at radius 1 is 0.705 bits per heavy atom. The van der Waals surface area contributed by atoms with Crippen molar-refractivity contribution in [1.82, 2.24) is 18.9 Å². The molecule has 5 aromatic rings. The Balaban J connectivity index is 1.08. The van der Waals surface area contributed by atoms with Crippen LogP contribution in [0.4, 0.5) is 11.4 Å². The van der Waals surface area contributed by atoms with Gasteiger partial charge in [0.25, 0.3) is 0 Å². The molecule has 0 spiro atoms. The third-order valence-corrected chi connectivity index (χ3v) is 9.62. The summed E-state index contributed by atoms with van der Waals surface area (Å²) in [5.74, 6) is 0.870. The molecule has 1 N–H and O–H groups in total. The van der Waals surface area contributed by atoms with Crippen LogP contribution in [0.25, 0.3) is 21.8 Å². The summed E-state index contributed by atoms with van der Waals surface area (Å²) in [5, 5.41) is 8.30. The fourth-order valence-corrected chi connectivity index (χ4v) is 6.97. The quantitative estimate of drug-likeness (QED) is 0.141. The van der Waals surface area contributed by atoms with E-state index in [-0.39, 0.29) is 0 Å². The fourth-order valence-electron chi connectivity index (χ4n) is 6.30. The second-order valence-electron chi connectivity index (χ2n) is 11.7. The van der Waals surface area contributed by atoms with Crippen molar-refractivity contribution in [2.45, 2.75) is 25.9 Å². The zero-order valence-corrected chi connectivity index (χ0v) is 26.2. The number of benzene rings is 2. The minimum atomic E-state index is 0.852. The molecule has 0 bridgehead atoms. The lowest BCUT2D eigenvalue weighted by Crippen LogP contribution is -2.37. The van der Waals surface area contributed by atoms with Gasteiger partial charge >= 0.3 is 0 Å². The molecule has 2 fully saturated rings. The molecule has 2 aromatic carbocycles. The van der Waals surface area contributed by atoms with Gasteiger partial charge < -0.3 is 23.9 Å². The van der Waals surface area contributed by atoms with E-state index in [0.29, 0.717) is 0 Å². The number of hydrogen-bond donors (Lipinski definition) is 1. The van der Waals surface area contributed by atoms with Crippen molar-refractivity contribution in [2.75, 3.05) is 71.0 Å². The predicted molar refractivity (Wildman–Crippen MR) is 182 cm³/mol. The minimum absolute atomic E-state index is 0.852. The van der Waals surface area contributed by atoms with E-state index in [4.69, 9.17) is 14.5 Å². The summed E-state index contributed by atoms with van der Waals surface area (Å²) in [5.41, 5.74) is 4.48. The largest absolute Gasteiger partial charge is 0.379 e. The molecule has 7 rings (SSSR count). The van der Waals surface area contributed by atoms with E-state index in [1.54, 1.807) is 11.3 Å². The summed E-state index contributed by atoms with van der Waals surface area (Å²) in [7, 11) is 0. The third kappa shape index (κ3) is 7.08. The molecule has 8 nitrogen and oxygen atoms in total. The topological polar surface area (TPSA) is 59.2 Å². The summed E-state index contributed by atoms with van der Waals surface area (Å²) in [4.78, 5) is 11.3. The Labute approximate surface area is 263 Å². The highest BCUT2D eigenvalue weighted by Crippen LogP contribution is 2.26. The highest BCUT2D eigenvalue weighted by Gasteiger charge is 2.13. The number of amidine groups is 1. The van der Waals surface area contributed by atoms with Gasteiger partial charge in [-0.1, -0.05) is 18.2 Å². The van der Waals surface area contributed by atoms with Gasteiger partial charge in [-0.05, 0) is 71.5 Å². The van der Waals surface area contributed by atoms with Crippen LogP contribution in [-0.4, -0.2) is 90.5 Å². The summed E-state index contributed by atoms with van der Waals surface area (Å²) < 4.78 is 15.8. The number of hydrogen-bond acceptors (Lipinski definition) is 6. The van der Waals surface area contributed by atoms with Crippen molar-refractivity contribution >= 4 is 50.4 Å². The number of thiophene rings is 1. The zero-order chi connectivity index (χ0) is 29.6. The molecule has 2 aliphatic rings. The number of aryl methyl sites for hydroxylation is 2. The van der Waals surface area contributed by atoms with Crippen LogP contribution in [0.5, 0.6) is 0 Å². The maximum absolute atomic E-state index is 5.50. The molecule has 3 aromatic heterocycles. The van der Waals surface area contributed by atoms with E-state index in [0.717, 1.165) is 114 Å². The average Bonchev–Trinajstić information content (AvgIpc) is 3.83. The molecule has 5 heterocycles. The summed E-state index contributed by atoms with van der Waals surface area (Å²) >= 11 is 1.70. The van der Waals surface area contributed by atoms with Gasteiger partial charge in [-0.2, -0.15) is 0 Å². The molecular formula is C35H42N6O2S. The summed E-state index contributed by atoms with van der Waals surface area (Å²) in [6.07, 6.45) is 6.67. The van der Waals surface area contributed by atoms with E-state index >= 15 is 0 Å². The molecule has 230 valence electrons. The summed E-state index contributed by atoms with van der Waals surface area (Å²) in [6, 6.07) is 21.8. The number of aliphatic imine (C=N–C) groups is 1. The van der Waals surface area contributed by atoms with Crippen molar-refractivity contribution in [3.63, 3.8) is 0 Å². The Morgan fingerprint density at radius 3 is 1.93 bits per heavy atom. The van der Waals surface area contributed by atoms with Gasteiger partial charge in [0, 0.05) is 70.4 Å². The Kier molecular flexibility index (Phi) is 9.37. The number of ether oxygens (including phenoxy) is 2. The van der Waals surface area contributed by atoms with Crippen LogP contribution in [0.3, 0.4) is 0 Å². The Hall–Kier alpha value is -3.47. The first-order chi connectivity index (χ1) is 21.8. The molecule has 0 radical (unpaired) electrons. The van der Waals surface area contributed by atoms with Crippen LogP contribution in [0.1, 0.15) is 17.7 Å². The minimum Gasteiger partial charge on any atom is -0.379 e. The van der Waals surface area contributed by atoms with Gasteiger partial charge in [-0.25, -0.2) is 4.99 Å². The molecule has 0 atom stereocenters. The van der Waals surface area contributed by atoms with Crippen molar-refractivity contribution in [3.05, 3.63) is 83.3 Å². The number of nitrogens with one attached hydrogen (secondary N) is 1. The van der Waals surface area contributed by atoms with E-state index in [1.165, 1.54) is 21.8 Å². The van der Waals surface area contributed by atoms with Crippen LogP contribution in [0, 0.1) is 0 Å². The number of anilines is 1. The number of rotatable bonds is 11. The first kappa shape index (κ1) is 29.3. The van der Waals surface area contributed by atoms with Crippen LogP contribution in [0.15, 0.2) is 83.4 Å². The second-order valence-corrected chi connectivity index (χ2v) is 12.7. The number of aromatic nitrogens is 2. The lowest BCUT2D eigenvalue weighted by atomic mass is 10.2. The van der Waals surface area contributed by atoms with Gasteiger partial charge in [0.05, 0.1) is 48.0 Å². The lowest BCUT2D eigenvalue weighted by Gasteiger charge is -2.26. The SMILES string of the molecule is c1csc(C(=Nc2ccc3ccn(CCCN4CCOCC4)c3c2)Nc2ccc3ccn(CCCN4CCOCC4)c3c2)c1. The van der Waals surface area contributed by atoms with Crippen molar-refractivity contribution < 1.29 is 9.47 Å². The van der Waals surface area contributed by atoms with Crippen LogP contribution >= 0.6 is 11.3 Å². The molecule has 0 aliphatic carbocycles. The monoisotopic (exact) mass is 610 g/mol. The van der Waals surface area contributed by atoms with E-state index in [2.05, 4.69) is 103 Å². The maximum Gasteiger partial charge on any atom is 0.148 e. The van der Waals surface area contributed by atoms with Gasteiger partial charge in [-0.3, -0.25) is 9.80 Å². The number of nitrogens with zero attached hydrogens (tertiary/aromatic N) is 5. The molecular weight excluding hydrogens is 568 g/mol. The molecule has 0 amide bonds. The Morgan fingerprint density at radius 2 is 1.32 bits per heavy atom. The van der Waals surface area contributed by atoms with E-state index in [1.807, 2.05) is 0 Å². The first-order valence-corrected chi connectivity index (χ1v) is 16.8. The highest BCUT2D eigenvalue weighted by molar-refractivity contribution is 7.12. The molecule has 44 heavy (non-hydrogen) atoms. The van der Waals surface area contributed by atoms with Crippen LogP contribution in [0.2, 0.25) is 0 Å². The Bertz CT molecular complexity index is 1680. The van der Waals surface area contributed by atoms with Gasteiger partial charge in [0.1, 0.15) is 5.84 Å². The van der Waals surface area contributed by atoms with Gasteiger partial charge in [-0.15, -0.1) is 11.3 Å². The fraction of sp³-hybridized carbons (Fsp3) is 0.400. The standard InChI is InChI=1S/C35H42N6O2S/c1-4-34(44-25-1)35(36-30-7-5-28-9-15-40(32(28)26-30)13-2-11-38-17-21-42-22-18-38)37-31-8-6-29-10-16-41(33(29)27-31)14-3-12-39-19-23-43-24-20-39/h1,4-10,15-16,25-27H,2-3,11-14,17-24H2,(H,36,37). The number of morpholine rings is 2. The molecule has 9 heteroatoms. The smallest absolute Gasteiger partial charge is 0.148 e. The van der Waals surface area contributed by atoms with Crippen LogP contribution < -0.4 is 5.32 Å². The summed E-state index contributed by atoms with van der Waals surface area (Å²) in [6.45, 7) is 11.8. The lowest BCUT2D eigenvalue weighted by molar-refractivity contribution is 0.0369. The molecule has 0 unspecified atom stereocenters. The zero-order valence-electron chi connectivity index (χ0n) is 25.4.